The minimum atomic E-state index is -4.28. The van der Waals surface area contributed by atoms with Gasteiger partial charge in [-0.05, 0) is 19.9 Å². The maximum Gasteiger partial charge on any atom is 0.390 e. The van der Waals surface area contributed by atoms with E-state index >= 15 is 0 Å². The van der Waals surface area contributed by atoms with Crippen molar-refractivity contribution in [2.24, 2.45) is 0 Å². The summed E-state index contributed by atoms with van der Waals surface area (Å²) in [5.74, 6) is -0.0628. The second-order valence-electron chi connectivity index (χ2n) is 6.04. The number of halogens is 3. The summed E-state index contributed by atoms with van der Waals surface area (Å²) in [6.07, 6.45) is -5.23. The summed E-state index contributed by atoms with van der Waals surface area (Å²) >= 11 is 0. The number of aromatic hydroxyl groups is 1. The van der Waals surface area contributed by atoms with E-state index in [-0.39, 0.29) is 5.75 Å². The molecule has 0 spiro atoms. The molecular weight excluding hydrogens is 319 g/mol. The van der Waals surface area contributed by atoms with Crippen molar-refractivity contribution in [2.75, 3.05) is 44.2 Å². The van der Waals surface area contributed by atoms with E-state index in [1.54, 1.807) is 23.1 Å². The molecule has 1 aromatic carbocycles. The van der Waals surface area contributed by atoms with E-state index < -0.39 is 18.6 Å². The van der Waals surface area contributed by atoms with Crippen molar-refractivity contribution in [3.63, 3.8) is 0 Å². The largest absolute Gasteiger partial charge is 0.508 e. The molecule has 0 aromatic heterocycles. The van der Waals surface area contributed by atoms with Crippen LogP contribution < -0.4 is 10.2 Å². The van der Waals surface area contributed by atoms with Gasteiger partial charge in [0.1, 0.15) is 5.75 Å². The lowest BCUT2D eigenvalue weighted by atomic mass is 9.99. The lowest BCUT2D eigenvalue weighted by Crippen LogP contribution is -2.46. The van der Waals surface area contributed by atoms with Gasteiger partial charge in [0.15, 0.2) is 0 Å². The molecular formula is C17H26F3N3O. The second-order valence-corrected chi connectivity index (χ2v) is 6.04. The van der Waals surface area contributed by atoms with Gasteiger partial charge in [-0.2, -0.15) is 13.2 Å². The SMILES string of the molecule is CCN(CC)c1ccc([C@H](CC(F)(F)F)N2CCNCC2)c(O)c1. The zero-order valence-electron chi connectivity index (χ0n) is 14.2. The lowest BCUT2D eigenvalue weighted by molar-refractivity contribution is -0.148. The van der Waals surface area contributed by atoms with Crippen LogP contribution in [0.4, 0.5) is 18.9 Å². The van der Waals surface area contributed by atoms with Crippen molar-refractivity contribution in [1.29, 1.82) is 0 Å². The van der Waals surface area contributed by atoms with Gasteiger partial charge in [0, 0.05) is 62.6 Å². The third kappa shape index (κ3) is 4.77. The molecule has 1 aromatic rings. The number of hydrogen-bond donors (Lipinski definition) is 2. The minimum absolute atomic E-state index is 0.0628. The fraction of sp³-hybridized carbons (Fsp3) is 0.647. The Balaban J connectivity index is 2.31. The van der Waals surface area contributed by atoms with Crippen LogP contribution in [0.3, 0.4) is 0 Å². The third-order valence-electron chi connectivity index (χ3n) is 4.52. The lowest BCUT2D eigenvalue weighted by Gasteiger charge is -2.36. The van der Waals surface area contributed by atoms with Crippen LogP contribution >= 0.6 is 0 Å². The van der Waals surface area contributed by atoms with E-state index in [2.05, 4.69) is 5.32 Å². The maximum atomic E-state index is 13.1. The van der Waals surface area contributed by atoms with Crippen LogP contribution in [0.15, 0.2) is 18.2 Å². The molecule has 1 aliphatic heterocycles. The van der Waals surface area contributed by atoms with Crippen LogP contribution in [0, 0.1) is 0 Å². The highest BCUT2D eigenvalue weighted by atomic mass is 19.4. The monoisotopic (exact) mass is 345 g/mol. The first-order chi connectivity index (χ1) is 11.4. The number of anilines is 1. The van der Waals surface area contributed by atoms with Gasteiger partial charge in [0.2, 0.25) is 0 Å². The Morgan fingerprint density at radius 3 is 2.33 bits per heavy atom. The predicted molar refractivity (Wildman–Crippen MR) is 89.5 cm³/mol. The van der Waals surface area contributed by atoms with Gasteiger partial charge in [-0.25, -0.2) is 0 Å². The number of hydrogen-bond acceptors (Lipinski definition) is 4. The topological polar surface area (TPSA) is 38.7 Å². The Labute approximate surface area is 141 Å². The van der Waals surface area contributed by atoms with Crippen LogP contribution in [0.5, 0.6) is 5.75 Å². The normalized spacial score (nSPS) is 17.7. The van der Waals surface area contributed by atoms with Crippen molar-refractivity contribution in [3.05, 3.63) is 23.8 Å². The van der Waals surface area contributed by atoms with Gasteiger partial charge in [-0.1, -0.05) is 6.07 Å². The van der Waals surface area contributed by atoms with E-state index in [4.69, 9.17) is 0 Å². The molecule has 4 nitrogen and oxygen atoms in total. The average Bonchev–Trinajstić information content (AvgIpc) is 2.54. The molecule has 136 valence electrons. The van der Waals surface area contributed by atoms with Gasteiger partial charge < -0.3 is 15.3 Å². The highest BCUT2D eigenvalue weighted by molar-refractivity contribution is 5.54. The highest BCUT2D eigenvalue weighted by Gasteiger charge is 2.37. The Kier molecular flexibility index (Phi) is 6.34. The Morgan fingerprint density at radius 2 is 1.83 bits per heavy atom. The van der Waals surface area contributed by atoms with E-state index in [0.29, 0.717) is 31.7 Å². The summed E-state index contributed by atoms with van der Waals surface area (Å²) < 4.78 is 39.2. The summed E-state index contributed by atoms with van der Waals surface area (Å²) in [5.41, 5.74) is 1.18. The number of rotatable bonds is 6. The number of nitrogens with one attached hydrogen (secondary N) is 1. The molecule has 0 saturated carbocycles. The van der Waals surface area contributed by atoms with Gasteiger partial charge >= 0.3 is 6.18 Å². The molecule has 0 radical (unpaired) electrons. The fourth-order valence-corrected chi connectivity index (χ4v) is 3.25. The number of phenols is 1. The molecule has 1 fully saturated rings. The smallest absolute Gasteiger partial charge is 0.390 e. The van der Waals surface area contributed by atoms with Crippen LogP contribution in [0.2, 0.25) is 0 Å². The summed E-state index contributed by atoms with van der Waals surface area (Å²) in [6.45, 7) is 7.96. The van der Waals surface area contributed by atoms with E-state index in [9.17, 15) is 18.3 Å². The van der Waals surface area contributed by atoms with Crippen LogP contribution in [-0.2, 0) is 0 Å². The molecule has 0 aliphatic carbocycles. The number of alkyl halides is 3. The van der Waals surface area contributed by atoms with Crippen molar-refractivity contribution >= 4 is 5.69 Å². The molecule has 1 atom stereocenters. The van der Waals surface area contributed by atoms with Crippen LogP contribution in [0.1, 0.15) is 31.9 Å². The number of nitrogens with zero attached hydrogens (tertiary/aromatic N) is 2. The predicted octanol–water partition coefficient (Wildman–Crippen LogP) is 3.14. The number of phenolic OH excluding ortho intramolecular Hbond substituents is 1. The minimum Gasteiger partial charge on any atom is -0.508 e. The Hall–Kier alpha value is -1.47. The van der Waals surface area contributed by atoms with E-state index in [1.807, 2.05) is 18.7 Å². The summed E-state index contributed by atoms with van der Waals surface area (Å²) in [6, 6.07) is 4.17. The Bertz CT molecular complexity index is 526. The van der Waals surface area contributed by atoms with Crippen molar-refractivity contribution < 1.29 is 18.3 Å². The third-order valence-corrected chi connectivity index (χ3v) is 4.52. The quantitative estimate of drug-likeness (QED) is 0.831. The maximum absolute atomic E-state index is 13.1. The molecule has 7 heteroatoms. The molecule has 0 unspecified atom stereocenters. The van der Waals surface area contributed by atoms with E-state index in [0.717, 1.165) is 18.8 Å². The average molecular weight is 345 g/mol. The van der Waals surface area contributed by atoms with Crippen molar-refractivity contribution in [3.8, 4) is 5.75 Å². The number of piperazine rings is 1. The number of benzene rings is 1. The second kappa shape index (κ2) is 8.07. The molecule has 0 amide bonds. The van der Waals surface area contributed by atoms with Gasteiger partial charge in [0.05, 0.1) is 6.42 Å². The van der Waals surface area contributed by atoms with Gasteiger partial charge in [-0.15, -0.1) is 0 Å². The standard InChI is InChI=1S/C17H26F3N3O/c1-3-22(4-2)13-5-6-14(16(24)11-13)15(12-17(18,19)20)23-9-7-21-8-10-23/h5-6,11,15,21,24H,3-4,7-10,12H2,1-2H3/t15-/m0/s1. The zero-order valence-corrected chi connectivity index (χ0v) is 14.2. The first-order valence-electron chi connectivity index (χ1n) is 8.45. The summed E-state index contributed by atoms with van der Waals surface area (Å²) in [4.78, 5) is 3.85. The van der Waals surface area contributed by atoms with E-state index in [1.165, 1.54) is 0 Å². The first-order valence-corrected chi connectivity index (χ1v) is 8.45. The first kappa shape index (κ1) is 18.9. The van der Waals surface area contributed by atoms with Crippen LogP contribution in [0.25, 0.3) is 0 Å². The molecule has 1 saturated heterocycles. The Morgan fingerprint density at radius 1 is 1.21 bits per heavy atom. The summed E-state index contributed by atoms with van der Waals surface area (Å²) in [7, 11) is 0. The fourth-order valence-electron chi connectivity index (χ4n) is 3.25. The summed E-state index contributed by atoms with van der Waals surface area (Å²) in [5, 5.41) is 13.5. The molecule has 2 rings (SSSR count). The highest BCUT2D eigenvalue weighted by Crippen LogP contribution is 2.39. The van der Waals surface area contributed by atoms with Crippen molar-refractivity contribution in [2.45, 2.75) is 32.5 Å². The molecule has 1 aliphatic rings. The van der Waals surface area contributed by atoms with Crippen molar-refractivity contribution in [1.82, 2.24) is 10.2 Å². The zero-order chi connectivity index (χ0) is 17.7. The molecule has 2 N–H and O–H groups in total. The van der Waals surface area contributed by atoms with Crippen LogP contribution in [-0.4, -0.2) is 55.5 Å². The molecule has 1 heterocycles. The molecule has 24 heavy (non-hydrogen) atoms. The van der Waals surface area contributed by atoms with Gasteiger partial charge in [-0.3, -0.25) is 4.90 Å². The molecule has 0 bridgehead atoms. The van der Waals surface area contributed by atoms with Gasteiger partial charge in [0.25, 0.3) is 0 Å².